The molecule has 0 bridgehead atoms. The van der Waals surface area contributed by atoms with E-state index in [4.69, 9.17) is 0 Å². The Balaban J connectivity index is 0.000000206. The standard InChI is InChI=1S/C6H5.C4H4N2.Ir/c1-2-4-6-5-3-1;1-2-5-4-6-3-1;/h1-5H;1-4H;/q-1;;. The molecule has 0 fully saturated rings. The number of nitrogens with zero attached hydrogens (tertiary/aromatic N) is 2. The molecule has 0 atom stereocenters. The van der Waals surface area contributed by atoms with Gasteiger partial charge in [-0.25, -0.2) is 9.97 Å². The van der Waals surface area contributed by atoms with Crippen LogP contribution >= 0.6 is 0 Å². The minimum absolute atomic E-state index is 0. The molecular weight excluding hydrogens is 340 g/mol. The second-order valence-electron chi connectivity index (χ2n) is 1.98. The van der Waals surface area contributed by atoms with Crippen LogP contribution in [0.3, 0.4) is 0 Å². The van der Waals surface area contributed by atoms with Crippen LogP contribution in [0.4, 0.5) is 0 Å². The average Bonchev–Trinajstić information content (AvgIpc) is 2.24. The number of aromatic nitrogens is 2. The maximum Gasteiger partial charge on any atom is 0.115 e. The number of benzene rings is 1. The van der Waals surface area contributed by atoms with Crippen molar-refractivity contribution in [3.05, 3.63) is 61.2 Å². The predicted octanol–water partition coefficient (Wildman–Crippen LogP) is 1.96. The summed E-state index contributed by atoms with van der Waals surface area (Å²) in [7, 11) is 0. The van der Waals surface area contributed by atoms with Crippen molar-refractivity contribution in [2.45, 2.75) is 0 Å². The monoisotopic (exact) mass is 350 g/mol. The fraction of sp³-hybridized carbons (Fsp3) is 0. The van der Waals surface area contributed by atoms with Crippen LogP contribution < -0.4 is 0 Å². The van der Waals surface area contributed by atoms with E-state index in [-0.39, 0.29) is 20.1 Å². The summed E-state index contributed by atoms with van der Waals surface area (Å²) in [4.78, 5) is 7.35. The Morgan fingerprint density at radius 2 is 1.38 bits per heavy atom. The molecule has 0 saturated heterocycles. The minimum Gasteiger partial charge on any atom is -0.245 e. The number of rotatable bonds is 0. The van der Waals surface area contributed by atoms with Gasteiger partial charge < -0.3 is 0 Å². The van der Waals surface area contributed by atoms with Crippen molar-refractivity contribution in [3.8, 4) is 0 Å². The van der Waals surface area contributed by atoms with Crippen LogP contribution in [0.2, 0.25) is 0 Å². The molecule has 0 spiro atoms. The van der Waals surface area contributed by atoms with Crippen LogP contribution in [0.15, 0.2) is 55.1 Å². The van der Waals surface area contributed by atoms with Crippen LogP contribution in [-0.4, -0.2) is 9.97 Å². The molecule has 0 amide bonds. The molecule has 13 heavy (non-hydrogen) atoms. The van der Waals surface area contributed by atoms with Crippen LogP contribution in [0.5, 0.6) is 0 Å². The largest absolute Gasteiger partial charge is 0.245 e. The Hall–Kier alpha value is -1.05. The zero-order valence-electron chi connectivity index (χ0n) is 6.92. The quantitative estimate of drug-likeness (QED) is 0.680. The summed E-state index contributed by atoms with van der Waals surface area (Å²) in [5, 5.41) is 0. The van der Waals surface area contributed by atoms with Crippen LogP contribution in [0.1, 0.15) is 0 Å². The summed E-state index contributed by atoms with van der Waals surface area (Å²) in [5.41, 5.74) is 0. The van der Waals surface area contributed by atoms with E-state index in [1.807, 2.05) is 30.3 Å². The summed E-state index contributed by atoms with van der Waals surface area (Å²) in [6.45, 7) is 0. The minimum atomic E-state index is 0. The Kier molecular flexibility index (Phi) is 8.31. The molecule has 0 saturated carbocycles. The summed E-state index contributed by atoms with van der Waals surface area (Å²) >= 11 is 0. The molecule has 69 valence electrons. The van der Waals surface area contributed by atoms with E-state index >= 15 is 0 Å². The van der Waals surface area contributed by atoms with Crippen molar-refractivity contribution < 1.29 is 20.1 Å². The molecule has 0 unspecified atom stereocenters. The van der Waals surface area contributed by atoms with E-state index in [1.54, 1.807) is 18.5 Å². The van der Waals surface area contributed by atoms with Crippen molar-refractivity contribution >= 4 is 0 Å². The molecule has 1 aromatic heterocycles. The van der Waals surface area contributed by atoms with E-state index < -0.39 is 0 Å². The van der Waals surface area contributed by atoms with E-state index in [2.05, 4.69) is 16.0 Å². The van der Waals surface area contributed by atoms with Gasteiger partial charge in [0.1, 0.15) is 6.33 Å². The average molecular weight is 349 g/mol. The fourth-order valence-corrected chi connectivity index (χ4v) is 0.595. The molecule has 1 aromatic carbocycles. The second-order valence-corrected chi connectivity index (χ2v) is 1.98. The zero-order valence-corrected chi connectivity index (χ0v) is 9.32. The van der Waals surface area contributed by atoms with Gasteiger partial charge in [0.25, 0.3) is 0 Å². The first-order chi connectivity index (χ1) is 6.00. The molecule has 2 rings (SSSR count). The molecule has 1 radical (unpaired) electrons. The topological polar surface area (TPSA) is 25.8 Å². The Morgan fingerprint density at radius 3 is 1.54 bits per heavy atom. The third-order valence-electron chi connectivity index (χ3n) is 1.08. The smallest absolute Gasteiger partial charge is 0.115 e. The second kappa shape index (κ2) is 9.04. The van der Waals surface area contributed by atoms with Gasteiger partial charge in [-0.1, -0.05) is 0 Å². The van der Waals surface area contributed by atoms with Gasteiger partial charge in [0.2, 0.25) is 0 Å². The molecule has 0 aliphatic carbocycles. The Bertz CT molecular complexity index is 188. The number of hydrogen-bond donors (Lipinski definition) is 0. The van der Waals surface area contributed by atoms with E-state index in [9.17, 15) is 0 Å². The summed E-state index contributed by atoms with van der Waals surface area (Å²) in [5.74, 6) is 0. The van der Waals surface area contributed by atoms with Gasteiger partial charge in [0, 0.05) is 32.5 Å². The maximum atomic E-state index is 3.67. The zero-order chi connectivity index (χ0) is 8.49. The van der Waals surface area contributed by atoms with Crippen molar-refractivity contribution in [1.82, 2.24) is 9.97 Å². The predicted molar refractivity (Wildman–Crippen MR) is 47.3 cm³/mol. The van der Waals surface area contributed by atoms with Crippen molar-refractivity contribution in [1.29, 1.82) is 0 Å². The molecule has 1 heterocycles. The molecule has 3 heteroatoms. The van der Waals surface area contributed by atoms with Crippen LogP contribution in [0.25, 0.3) is 0 Å². The Labute approximate surface area is 91.4 Å². The van der Waals surface area contributed by atoms with Gasteiger partial charge in [-0.15, -0.1) is 0 Å². The van der Waals surface area contributed by atoms with E-state index in [1.165, 1.54) is 6.33 Å². The first kappa shape index (κ1) is 11.9. The SMILES string of the molecule is [Ir].[c-]1ccccc1.c1cncnc1. The third-order valence-corrected chi connectivity index (χ3v) is 1.08. The first-order valence-corrected chi connectivity index (χ1v) is 3.61. The molecule has 0 aliphatic heterocycles. The summed E-state index contributed by atoms with van der Waals surface area (Å²) in [6, 6.07) is 14.3. The molecular formula is C10H9IrN2-. The Morgan fingerprint density at radius 1 is 0.769 bits per heavy atom. The molecule has 2 nitrogen and oxygen atoms in total. The van der Waals surface area contributed by atoms with Gasteiger partial charge in [0.05, 0.1) is 0 Å². The van der Waals surface area contributed by atoms with Crippen molar-refractivity contribution in [2.24, 2.45) is 0 Å². The van der Waals surface area contributed by atoms with Gasteiger partial charge in [-0.2, -0.15) is 36.4 Å². The van der Waals surface area contributed by atoms with E-state index in [0.717, 1.165) is 0 Å². The summed E-state index contributed by atoms with van der Waals surface area (Å²) < 4.78 is 0. The third kappa shape index (κ3) is 7.31. The summed E-state index contributed by atoms with van der Waals surface area (Å²) in [6.07, 6.45) is 4.88. The first-order valence-electron chi connectivity index (χ1n) is 3.61. The molecule has 0 aliphatic rings. The van der Waals surface area contributed by atoms with Gasteiger partial charge >= 0.3 is 0 Å². The fourth-order valence-electron chi connectivity index (χ4n) is 0.595. The maximum absolute atomic E-state index is 3.67. The van der Waals surface area contributed by atoms with Crippen molar-refractivity contribution in [2.75, 3.05) is 0 Å². The van der Waals surface area contributed by atoms with Gasteiger partial charge in [-0.3, -0.25) is 0 Å². The molecule has 0 N–H and O–H groups in total. The van der Waals surface area contributed by atoms with E-state index in [0.29, 0.717) is 0 Å². The normalized spacial score (nSPS) is 7.38. The van der Waals surface area contributed by atoms with Crippen LogP contribution in [0, 0.1) is 6.07 Å². The van der Waals surface area contributed by atoms with Crippen LogP contribution in [-0.2, 0) is 20.1 Å². The number of hydrogen-bond acceptors (Lipinski definition) is 2. The molecule has 2 aromatic rings. The van der Waals surface area contributed by atoms with Gasteiger partial charge in [-0.05, 0) is 6.07 Å². The van der Waals surface area contributed by atoms with Crippen molar-refractivity contribution in [3.63, 3.8) is 0 Å². The van der Waals surface area contributed by atoms with Gasteiger partial charge in [0.15, 0.2) is 0 Å².